The lowest BCUT2D eigenvalue weighted by Gasteiger charge is -2.18. The van der Waals surface area contributed by atoms with Crippen LogP contribution in [0, 0.1) is 18.3 Å². The van der Waals surface area contributed by atoms with E-state index in [0.29, 0.717) is 5.56 Å². The largest absolute Gasteiger partial charge is 0.354 e. The van der Waals surface area contributed by atoms with Crippen molar-refractivity contribution in [3.05, 3.63) is 52.0 Å². The Morgan fingerprint density at radius 2 is 2.14 bits per heavy atom. The number of nitriles is 1. The molecule has 104 valence electrons. The minimum absolute atomic E-state index is 0.656. The van der Waals surface area contributed by atoms with Crippen molar-refractivity contribution in [2.24, 2.45) is 0 Å². The van der Waals surface area contributed by atoms with Gasteiger partial charge in [-0.3, -0.25) is 0 Å². The van der Waals surface area contributed by atoms with Crippen LogP contribution < -0.4 is 4.90 Å². The molecule has 0 saturated carbocycles. The number of hydrogen-bond acceptors (Lipinski definition) is 5. The Bertz CT molecular complexity index is 832. The lowest BCUT2D eigenvalue weighted by atomic mass is 10.1. The zero-order valence-corrected chi connectivity index (χ0v) is 12.7. The third-order valence-electron chi connectivity index (χ3n) is 3.44. The quantitative estimate of drug-likeness (QED) is 0.742. The molecule has 1 aromatic carbocycles. The molecule has 5 heteroatoms. The molecule has 0 aliphatic heterocycles. The molecule has 0 saturated heterocycles. The Morgan fingerprint density at radius 1 is 1.33 bits per heavy atom. The number of anilines is 1. The molecule has 0 radical (unpaired) electrons. The SMILES string of the molecule is Cc1ncsc1CN(C)c1cc(C#N)c2ccccc2n1. The van der Waals surface area contributed by atoms with Crippen LogP contribution in [0.15, 0.2) is 35.8 Å². The minimum Gasteiger partial charge on any atom is -0.354 e. The van der Waals surface area contributed by atoms with Crippen LogP contribution in [0.4, 0.5) is 5.82 Å². The molecule has 0 unspecified atom stereocenters. The van der Waals surface area contributed by atoms with Gasteiger partial charge in [-0.05, 0) is 19.1 Å². The summed E-state index contributed by atoms with van der Waals surface area (Å²) in [5.74, 6) is 0.804. The molecule has 0 aliphatic carbocycles. The lowest BCUT2D eigenvalue weighted by molar-refractivity contribution is 0.905. The monoisotopic (exact) mass is 294 g/mol. The first-order chi connectivity index (χ1) is 10.2. The first-order valence-electron chi connectivity index (χ1n) is 6.59. The summed E-state index contributed by atoms with van der Waals surface area (Å²) < 4.78 is 0. The number of benzene rings is 1. The topological polar surface area (TPSA) is 52.8 Å². The lowest BCUT2D eigenvalue weighted by Crippen LogP contribution is -2.17. The predicted octanol–water partition coefficient (Wildman–Crippen LogP) is 3.51. The molecule has 3 aromatic rings. The maximum Gasteiger partial charge on any atom is 0.130 e. The average molecular weight is 294 g/mol. The number of pyridine rings is 1. The average Bonchev–Trinajstić information content (AvgIpc) is 2.91. The molecule has 4 nitrogen and oxygen atoms in total. The van der Waals surface area contributed by atoms with Crippen LogP contribution in [-0.4, -0.2) is 17.0 Å². The minimum atomic E-state index is 0.656. The molecule has 0 spiro atoms. The molecular formula is C16H14N4S. The number of aromatic nitrogens is 2. The maximum atomic E-state index is 9.34. The van der Waals surface area contributed by atoms with Gasteiger partial charge in [0.05, 0.1) is 34.9 Å². The van der Waals surface area contributed by atoms with Gasteiger partial charge in [0.15, 0.2) is 0 Å². The molecule has 0 aliphatic rings. The van der Waals surface area contributed by atoms with E-state index in [1.165, 1.54) is 4.88 Å². The van der Waals surface area contributed by atoms with Crippen LogP contribution in [0.2, 0.25) is 0 Å². The number of hydrogen-bond donors (Lipinski definition) is 0. The van der Waals surface area contributed by atoms with E-state index in [1.54, 1.807) is 11.3 Å². The summed E-state index contributed by atoms with van der Waals surface area (Å²) >= 11 is 1.64. The van der Waals surface area contributed by atoms with Gasteiger partial charge >= 0.3 is 0 Å². The molecule has 2 aromatic heterocycles. The highest BCUT2D eigenvalue weighted by Crippen LogP contribution is 2.24. The van der Waals surface area contributed by atoms with Crippen LogP contribution in [-0.2, 0) is 6.54 Å². The van der Waals surface area contributed by atoms with Crippen molar-refractivity contribution in [1.82, 2.24) is 9.97 Å². The summed E-state index contributed by atoms with van der Waals surface area (Å²) in [4.78, 5) is 12.2. The summed E-state index contributed by atoms with van der Waals surface area (Å²) in [6, 6.07) is 11.8. The maximum absolute atomic E-state index is 9.34. The molecule has 2 heterocycles. The van der Waals surface area contributed by atoms with Crippen molar-refractivity contribution in [3.63, 3.8) is 0 Å². The molecule has 3 rings (SSSR count). The summed E-state index contributed by atoms with van der Waals surface area (Å²) in [5, 5.41) is 10.2. The Kier molecular flexibility index (Phi) is 3.55. The van der Waals surface area contributed by atoms with E-state index in [0.717, 1.165) is 29.0 Å². The summed E-state index contributed by atoms with van der Waals surface area (Å²) in [7, 11) is 1.98. The zero-order chi connectivity index (χ0) is 14.8. The fourth-order valence-electron chi connectivity index (χ4n) is 2.22. The normalized spacial score (nSPS) is 10.5. The van der Waals surface area contributed by atoms with Gasteiger partial charge in [-0.25, -0.2) is 9.97 Å². The van der Waals surface area contributed by atoms with Crippen molar-refractivity contribution in [2.75, 3.05) is 11.9 Å². The van der Waals surface area contributed by atoms with Gasteiger partial charge in [-0.1, -0.05) is 18.2 Å². The van der Waals surface area contributed by atoms with Crippen molar-refractivity contribution >= 4 is 28.1 Å². The Hall–Kier alpha value is -2.45. The summed E-state index contributed by atoms with van der Waals surface area (Å²) in [6.45, 7) is 2.75. The summed E-state index contributed by atoms with van der Waals surface area (Å²) in [5.41, 5.74) is 4.41. The molecular weight excluding hydrogens is 280 g/mol. The first kappa shape index (κ1) is 13.5. The van der Waals surface area contributed by atoms with Crippen molar-refractivity contribution in [3.8, 4) is 6.07 Å². The molecule has 21 heavy (non-hydrogen) atoms. The van der Waals surface area contributed by atoms with Gasteiger partial charge in [-0.2, -0.15) is 5.26 Å². The van der Waals surface area contributed by atoms with Gasteiger partial charge < -0.3 is 4.90 Å². The summed E-state index contributed by atoms with van der Waals surface area (Å²) in [6.07, 6.45) is 0. The highest BCUT2D eigenvalue weighted by molar-refractivity contribution is 7.09. The van der Waals surface area contributed by atoms with E-state index in [-0.39, 0.29) is 0 Å². The predicted molar refractivity (Wildman–Crippen MR) is 85.4 cm³/mol. The van der Waals surface area contributed by atoms with E-state index >= 15 is 0 Å². The zero-order valence-electron chi connectivity index (χ0n) is 11.9. The van der Waals surface area contributed by atoms with Crippen molar-refractivity contribution < 1.29 is 0 Å². The van der Waals surface area contributed by atoms with E-state index in [2.05, 4.69) is 16.0 Å². The fraction of sp³-hybridized carbons (Fsp3) is 0.188. The Balaban J connectivity index is 2.00. The molecule has 0 N–H and O–H groups in total. The number of rotatable bonds is 3. The number of fused-ring (bicyclic) bond motifs is 1. The number of nitrogens with zero attached hydrogens (tertiary/aromatic N) is 4. The highest BCUT2D eigenvalue weighted by Gasteiger charge is 2.11. The fourth-order valence-corrected chi connectivity index (χ4v) is 3.05. The first-order valence-corrected chi connectivity index (χ1v) is 7.47. The molecule has 0 atom stereocenters. The molecule has 0 bridgehead atoms. The van der Waals surface area contributed by atoms with Crippen LogP contribution in [0.1, 0.15) is 16.1 Å². The van der Waals surface area contributed by atoms with Crippen LogP contribution in [0.5, 0.6) is 0 Å². The molecule has 0 fully saturated rings. The van der Waals surface area contributed by atoms with Gasteiger partial charge in [-0.15, -0.1) is 11.3 Å². The van der Waals surface area contributed by atoms with Gasteiger partial charge in [0.2, 0.25) is 0 Å². The van der Waals surface area contributed by atoms with E-state index < -0.39 is 0 Å². The second kappa shape index (κ2) is 5.51. The standard InChI is InChI=1S/C16H14N4S/c1-11-15(21-10-18-11)9-20(2)16-7-12(8-17)13-5-3-4-6-14(13)19-16/h3-7,10H,9H2,1-2H3. The second-order valence-corrected chi connectivity index (χ2v) is 5.81. The highest BCUT2D eigenvalue weighted by atomic mass is 32.1. The smallest absolute Gasteiger partial charge is 0.130 e. The van der Waals surface area contributed by atoms with Gasteiger partial charge in [0.1, 0.15) is 5.82 Å². The third kappa shape index (κ3) is 2.58. The Labute approximate surface area is 127 Å². The van der Waals surface area contributed by atoms with Gasteiger partial charge in [0.25, 0.3) is 0 Å². The van der Waals surface area contributed by atoms with Crippen molar-refractivity contribution in [1.29, 1.82) is 5.26 Å². The second-order valence-electron chi connectivity index (χ2n) is 4.87. The van der Waals surface area contributed by atoms with E-state index in [9.17, 15) is 5.26 Å². The van der Waals surface area contributed by atoms with Crippen LogP contribution in [0.25, 0.3) is 10.9 Å². The van der Waals surface area contributed by atoms with Gasteiger partial charge in [0, 0.05) is 17.3 Å². The van der Waals surface area contributed by atoms with Crippen molar-refractivity contribution in [2.45, 2.75) is 13.5 Å². The third-order valence-corrected chi connectivity index (χ3v) is 4.36. The van der Waals surface area contributed by atoms with Crippen LogP contribution in [0.3, 0.4) is 0 Å². The van der Waals surface area contributed by atoms with Crippen LogP contribution >= 0.6 is 11.3 Å². The molecule has 0 amide bonds. The number of para-hydroxylation sites is 1. The number of thiazole rings is 1. The van der Waals surface area contributed by atoms with E-state index in [4.69, 9.17) is 0 Å². The van der Waals surface area contributed by atoms with E-state index in [1.807, 2.05) is 54.7 Å². The Morgan fingerprint density at radius 3 is 2.86 bits per heavy atom. The number of aryl methyl sites for hydroxylation is 1.